The highest BCUT2D eigenvalue weighted by molar-refractivity contribution is 5.19. The van der Waals surface area contributed by atoms with Gasteiger partial charge in [-0.25, -0.2) is 0 Å². The van der Waals surface area contributed by atoms with Crippen molar-refractivity contribution >= 4 is 0 Å². The van der Waals surface area contributed by atoms with Gasteiger partial charge in [-0.15, -0.1) is 0 Å². The summed E-state index contributed by atoms with van der Waals surface area (Å²) in [6.07, 6.45) is 6.86. The first-order valence-corrected chi connectivity index (χ1v) is 4.79. The van der Waals surface area contributed by atoms with E-state index in [9.17, 15) is 0 Å². The third-order valence-corrected chi connectivity index (χ3v) is 2.81. The van der Waals surface area contributed by atoms with Gasteiger partial charge in [0.15, 0.2) is 0 Å². The molecule has 3 nitrogen and oxygen atoms in total. The topological polar surface area (TPSA) is 36.4 Å². The molecule has 0 spiro atoms. The monoisotopic (exact) mass is 190 g/mol. The Morgan fingerprint density at radius 3 is 3.07 bits per heavy atom. The molecule has 0 radical (unpaired) electrons. The summed E-state index contributed by atoms with van der Waals surface area (Å²) in [5.74, 6) is 0. The molecule has 1 aromatic heterocycles. The van der Waals surface area contributed by atoms with Gasteiger partial charge in [0.05, 0.1) is 12.3 Å². The Kier molecular flexibility index (Phi) is 2.39. The molecule has 3 heteroatoms. The van der Waals surface area contributed by atoms with Crippen molar-refractivity contribution < 1.29 is 5.11 Å². The fourth-order valence-electron chi connectivity index (χ4n) is 1.97. The van der Waals surface area contributed by atoms with Crippen LogP contribution in [0.25, 0.3) is 0 Å². The van der Waals surface area contributed by atoms with Gasteiger partial charge in [-0.3, -0.25) is 4.98 Å². The van der Waals surface area contributed by atoms with Gasteiger partial charge in [0.1, 0.15) is 0 Å². The van der Waals surface area contributed by atoms with Crippen molar-refractivity contribution in [2.45, 2.75) is 18.9 Å². The van der Waals surface area contributed by atoms with Crippen LogP contribution >= 0.6 is 0 Å². The second-order valence-corrected chi connectivity index (χ2v) is 3.57. The molecule has 0 bridgehead atoms. The average molecular weight is 190 g/mol. The predicted octanol–water partition coefficient (Wildman–Crippen LogP) is 2.25. The molecule has 1 N–H and O–H groups in total. The molecule has 0 amide bonds. The summed E-state index contributed by atoms with van der Waals surface area (Å²) >= 11 is 0. The molecule has 1 saturated heterocycles. The second kappa shape index (κ2) is 3.70. The minimum absolute atomic E-state index is 0.363. The Morgan fingerprint density at radius 2 is 2.50 bits per heavy atom. The summed E-state index contributed by atoms with van der Waals surface area (Å²) in [6, 6.07) is 4.39. The van der Waals surface area contributed by atoms with Crippen LogP contribution in [0.2, 0.25) is 0 Å². The first-order valence-electron chi connectivity index (χ1n) is 4.79. The molecule has 14 heavy (non-hydrogen) atoms. The number of allylic oxidation sites excluding steroid dienone is 1. The van der Waals surface area contributed by atoms with Crippen molar-refractivity contribution in [2.75, 3.05) is 7.05 Å². The van der Waals surface area contributed by atoms with Crippen LogP contribution in [0.15, 0.2) is 36.5 Å². The Labute approximate surface area is 83.7 Å². The molecule has 1 fully saturated rings. The number of pyridine rings is 1. The lowest BCUT2D eigenvalue weighted by molar-refractivity contribution is 0.343. The summed E-state index contributed by atoms with van der Waals surface area (Å²) in [4.78, 5) is 6.21. The summed E-state index contributed by atoms with van der Waals surface area (Å²) in [7, 11) is 2.01. The van der Waals surface area contributed by atoms with E-state index in [1.807, 2.05) is 19.3 Å². The van der Waals surface area contributed by atoms with E-state index >= 15 is 0 Å². The predicted molar refractivity (Wildman–Crippen MR) is 54.7 cm³/mol. The molecule has 0 unspecified atom stereocenters. The highest BCUT2D eigenvalue weighted by Gasteiger charge is 2.26. The van der Waals surface area contributed by atoms with Crippen LogP contribution in [0.5, 0.6) is 0 Å². The maximum absolute atomic E-state index is 8.98. The van der Waals surface area contributed by atoms with Crippen LogP contribution in [0.1, 0.15) is 24.4 Å². The van der Waals surface area contributed by atoms with Crippen molar-refractivity contribution in [3.63, 3.8) is 0 Å². The van der Waals surface area contributed by atoms with E-state index in [-0.39, 0.29) is 0 Å². The highest BCUT2D eigenvalue weighted by Crippen LogP contribution is 2.35. The zero-order chi connectivity index (χ0) is 9.97. The Morgan fingerprint density at radius 1 is 1.64 bits per heavy atom. The third kappa shape index (κ3) is 1.45. The Balaban J connectivity index is 2.22. The number of hydrogen-bond donors (Lipinski definition) is 1. The number of hydrogen-bond acceptors (Lipinski definition) is 3. The van der Waals surface area contributed by atoms with Crippen molar-refractivity contribution in [3.8, 4) is 0 Å². The lowest BCUT2D eigenvalue weighted by Crippen LogP contribution is -2.16. The zero-order valence-corrected chi connectivity index (χ0v) is 8.22. The van der Waals surface area contributed by atoms with E-state index < -0.39 is 0 Å². The van der Waals surface area contributed by atoms with Crippen LogP contribution in [-0.4, -0.2) is 22.0 Å². The van der Waals surface area contributed by atoms with Gasteiger partial charge in [0.25, 0.3) is 0 Å². The van der Waals surface area contributed by atoms with Gasteiger partial charge in [-0.1, -0.05) is 6.07 Å². The van der Waals surface area contributed by atoms with E-state index in [1.165, 1.54) is 11.8 Å². The molecule has 0 aromatic carbocycles. The fraction of sp³-hybridized carbons (Fsp3) is 0.364. The Hall–Kier alpha value is -1.51. The first kappa shape index (κ1) is 9.06. The van der Waals surface area contributed by atoms with E-state index in [1.54, 1.807) is 6.20 Å². The molecule has 0 aliphatic carbocycles. The third-order valence-electron chi connectivity index (χ3n) is 2.81. The van der Waals surface area contributed by atoms with Gasteiger partial charge < -0.3 is 10.0 Å². The second-order valence-electron chi connectivity index (χ2n) is 3.57. The number of likely N-dealkylation sites (tertiary alicyclic amines) is 1. The van der Waals surface area contributed by atoms with Gasteiger partial charge in [-0.2, -0.15) is 0 Å². The number of aromatic nitrogens is 1. The van der Waals surface area contributed by atoms with Crippen LogP contribution in [0.3, 0.4) is 0 Å². The quantitative estimate of drug-likeness (QED) is 0.690. The summed E-state index contributed by atoms with van der Waals surface area (Å²) in [6.45, 7) is 0. The van der Waals surface area contributed by atoms with E-state index in [4.69, 9.17) is 5.11 Å². The molecule has 2 heterocycles. The van der Waals surface area contributed by atoms with E-state index in [0.717, 1.165) is 18.5 Å². The molecular weight excluding hydrogens is 176 g/mol. The number of aliphatic hydroxyl groups excluding tert-OH is 1. The molecule has 1 aromatic rings. The van der Waals surface area contributed by atoms with Gasteiger partial charge in [-0.05, 0) is 24.5 Å². The molecule has 74 valence electrons. The summed E-state index contributed by atoms with van der Waals surface area (Å²) < 4.78 is 0. The SMILES string of the molecule is CN1/C(=C/O)CC[C@H]1c1cccnc1. The van der Waals surface area contributed by atoms with Crippen LogP contribution < -0.4 is 0 Å². The number of nitrogens with zero attached hydrogens (tertiary/aromatic N) is 2. The Bertz CT molecular complexity index is 334. The molecule has 1 aliphatic heterocycles. The molecular formula is C11H14N2O. The maximum Gasteiger partial charge on any atom is 0.0983 e. The molecule has 1 aliphatic rings. The molecule has 1 atom stereocenters. The highest BCUT2D eigenvalue weighted by atomic mass is 16.2. The van der Waals surface area contributed by atoms with Gasteiger partial charge >= 0.3 is 0 Å². The molecule has 2 rings (SSSR count). The van der Waals surface area contributed by atoms with Crippen molar-refractivity contribution in [1.82, 2.24) is 9.88 Å². The number of aliphatic hydroxyl groups is 1. The van der Waals surface area contributed by atoms with Gasteiger partial charge in [0, 0.05) is 25.1 Å². The minimum Gasteiger partial charge on any atom is -0.514 e. The molecule has 0 saturated carbocycles. The maximum atomic E-state index is 8.98. The average Bonchev–Trinajstić information content (AvgIpc) is 2.61. The summed E-state index contributed by atoms with van der Waals surface area (Å²) in [5, 5.41) is 8.98. The van der Waals surface area contributed by atoms with Gasteiger partial charge in [0.2, 0.25) is 0 Å². The zero-order valence-electron chi connectivity index (χ0n) is 8.22. The largest absolute Gasteiger partial charge is 0.514 e. The normalized spacial score (nSPS) is 24.5. The van der Waals surface area contributed by atoms with Crippen LogP contribution in [-0.2, 0) is 0 Å². The smallest absolute Gasteiger partial charge is 0.0983 e. The lowest BCUT2D eigenvalue weighted by Gasteiger charge is -2.22. The fourth-order valence-corrected chi connectivity index (χ4v) is 1.97. The van der Waals surface area contributed by atoms with Crippen LogP contribution in [0, 0.1) is 0 Å². The summed E-state index contributed by atoms with van der Waals surface area (Å²) in [5.41, 5.74) is 2.21. The van der Waals surface area contributed by atoms with Crippen molar-refractivity contribution in [3.05, 3.63) is 42.0 Å². The number of rotatable bonds is 1. The minimum atomic E-state index is 0.363. The van der Waals surface area contributed by atoms with Crippen molar-refractivity contribution in [2.24, 2.45) is 0 Å². The van der Waals surface area contributed by atoms with Crippen LogP contribution in [0.4, 0.5) is 0 Å². The standard InChI is InChI=1S/C11H14N2O/c1-13-10(8-14)4-5-11(13)9-3-2-6-12-7-9/h2-3,6-8,11,14H,4-5H2,1H3/b10-8+/t11-/m0/s1. The van der Waals surface area contributed by atoms with Crippen molar-refractivity contribution in [1.29, 1.82) is 0 Å². The van der Waals surface area contributed by atoms with E-state index in [2.05, 4.69) is 16.0 Å². The lowest BCUT2D eigenvalue weighted by atomic mass is 10.1. The van der Waals surface area contributed by atoms with E-state index in [0.29, 0.717) is 6.04 Å². The first-order chi connectivity index (χ1) is 6.83.